The average molecular weight is 276 g/mol. The van der Waals surface area contributed by atoms with Gasteiger partial charge in [-0.2, -0.15) is 0 Å². The number of nitrogens with one attached hydrogen (secondary N) is 3. The number of carbonyl (C=O) groups excluding carboxylic acids is 1. The fraction of sp³-hybridized carbons (Fsp3) is 0.545. The van der Waals surface area contributed by atoms with Gasteiger partial charge in [-0.15, -0.1) is 0 Å². The molecule has 4 nitrogen and oxygen atoms in total. The summed E-state index contributed by atoms with van der Waals surface area (Å²) in [6.07, 6.45) is 2.21. The van der Waals surface area contributed by atoms with Gasteiger partial charge in [-0.25, -0.2) is 0 Å². The van der Waals surface area contributed by atoms with E-state index in [-0.39, 0.29) is 5.91 Å². The standard InChI is InChI=1S/C11H15Cl2N3O/c12-8-5-9(16-10(8)13)11(17)15-6-7-1-3-14-4-2-7/h5,7,14,16H,1-4,6H2,(H,15,17). The Morgan fingerprint density at radius 1 is 1.41 bits per heavy atom. The molecule has 1 saturated heterocycles. The minimum Gasteiger partial charge on any atom is -0.350 e. The van der Waals surface area contributed by atoms with Gasteiger partial charge in [-0.3, -0.25) is 4.79 Å². The molecule has 0 atom stereocenters. The van der Waals surface area contributed by atoms with Gasteiger partial charge in [0.05, 0.1) is 5.02 Å². The highest BCUT2D eigenvalue weighted by Crippen LogP contribution is 2.21. The van der Waals surface area contributed by atoms with Crippen LogP contribution in [0.25, 0.3) is 0 Å². The largest absolute Gasteiger partial charge is 0.350 e. The maximum Gasteiger partial charge on any atom is 0.267 e. The van der Waals surface area contributed by atoms with Crippen LogP contribution in [0.1, 0.15) is 23.3 Å². The normalized spacial score (nSPS) is 17.1. The minimum absolute atomic E-state index is 0.155. The van der Waals surface area contributed by atoms with Crippen LogP contribution in [0.5, 0.6) is 0 Å². The predicted molar refractivity (Wildman–Crippen MR) is 68.7 cm³/mol. The van der Waals surface area contributed by atoms with Crippen molar-refractivity contribution >= 4 is 29.1 Å². The Morgan fingerprint density at radius 2 is 2.12 bits per heavy atom. The van der Waals surface area contributed by atoms with Gasteiger partial charge in [0.2, 0.25) is 0 Å². The Kier molecular flexibility index (Phi) is 4.31. The van der Waals surface area contributed by atoms with E-state index in [1.54, 1.807) is 6.07 Å². The summed E-state index contributed by atoms with van der Waals surface area (Å²) in [6, 6.07) is 1.54. The summed E-state index contributed by atoms with van der Waals surface area (Å²) in [4.78, 5) is 14.5. The van der Waals surface area contributed by atoms with E-state index in [1.807, 2.05) is 0 Å². The Hall–Kier alpha value is -0.710. The fourth-order valence-electron chi connectivity index (χ4n) is 1.94. The molecule has 1 amide bonds. The van der Waals surface area contributed by atoms with Gasteiger partial charge in [0, 0.05) is 6.54 Å². The summed E-state index contributed by atoms with van der Waals surface area (Å²) in [6.45, 7) is 2.76. The molecule has 0 bridgehead atoms. The molecule has 0 spiro atoms. The van der Waals surface area contributed by atoms with Crippen LogP contribution in [-0.4, -0.2) is 30.5 Å². The molecule has 1 aliphatic heterocycles. The highest BCUT2D eigenvalue weighted by Gasteiger charge is 2.16. The molecule has 2 rings (SSSR count). The monoisotopic (exact) mass is 275 g/mol. The number of aromatic nitrogens is 1. The first-order chi connectivity index (χ1) is 8.16. The summed E-state index contributed by atoms with van der Waals surface area (Å²) in [5, 5.41) is 6.86. The van der Waals surface area contributed by atoms with Crippen LogP contribution in [0.2, 0.25) is 10.2 Å². The van der Waals surface area contributed by atoms with Crippen LogP contribution in [0.4, 0.5) is 0 Å². The molecule has 0 aliphatic carbocycles. The second kappa shape index (κ2) is 5.76. The number of hydrogen-bond acceptors (Lipinski definition) is 2. The Morgan fingerprint density at radius 3 is 2.71 bits per heavy atom. The Labute approximate surface area is 110 Å². The number of amides is 1. The van der Waals surface area contributed by atoms with Crippen LogP contribution in [0, 0.1) is 5.92 Å². The summed E-state index contributed by atoms with van der Waals surface area (Å²) in [5.74, 6) is 0.401. The zero-order valence-corrected chi connectivity index (χ0v) is 10.9. The number of hydrogen-bond donors (Lipinski definition) is 3. The highest BCUT2D eigenvalue weighted by atomic mass is 35.5. The van der Waals surface area contributed by atoms with Gasteiger partial charge in [0.15, 0.2) is 0 Å². The van der Waals surface area contributed by atoms with Crippen LogP contribution >= 0.6 is 23.2 Å². The van der Waals surface area contributed by atoms with Gasteiger partial charge in [0.25, 0.3) is 5.91 Å². The molecule has 0 saturated carbocycles. The quantitative estimate of drug-likeness (QED) is 0.791. The Balaban J connectivity index is 1.84. The second-order valence-electron chi connectivity index (χ2n) is 4.25. The zero-order chi connectivity index (χ0) is 12.3. The van der Waals surface area contributed by atoms with Gasteiger partial charge >= 0.3 is 0 Å². The molecule has 1 aromatic rings. The lowest BCUT2D eigenvalue weighted by Gasteiger charge is -2.22. The number of aromatic amines is 1. The van der Waals surface area contributed by atoms with Crippen molar-refractivity contribution in [1.29, 1.82) is 0 Å². The van der Waals surface area contributed by atoms with E-state index in [4.69, 9.17) is 23.2 Å². The van der Waals surface area contributed by atoms with Crippen molar-refractivity contribution in [2.75, 3.05) is 19.6 Å². The summed E-state index contributed by atoms with van der Waals surface area (Å²) >= 11 is 11.5. The lowest BCUT2D eigenvalue weighted by molar-refractivity contribution is 0.0940. The molecular formula is C11H15Cl2N3O. The molecule has 0 aromatic carbocycles. The van der Waals surface area contributed by atoms with Crippen molar-refractivity contribution in [2.24, 2.45) is 5.92 Å². The number of H-pyrrole nitrogens is 1. The maximum atomic E-state index is 11.8. The fourth-order valence-corrected chi connectivity index (χ4v) is 2.26. The van der Waals surface area contributed by atoms with Crippen molar-refractivity contribution in [3.05, 3.63) is 21.9 Å². The zero-order valence-electron chi connectivity index (χ0n) is 9.35. The molecule has 1 aromatic heterocycles. The van der Waals surface area contributed by atoms with Crippen LogP contribution in [0.15, 0.2) is 6.07 Å². The van der Waals surface area contributed by atoms with Gasteiger partial charge in [-0.1, -0.05) is 23.2 Å². The number of carbonyl (C=O) groups is 1. The minimum atomic E-state index is -0.155. The summed E-state index contributed by atoms with van der Waals surface area (Å²) in [5.41, 5.74) is 0.411. The van der Waals surface area contributed by atoms with E-state index < -0.39 is 0 Å². The number of halogens is 2. The van der Waals surface area contributed by atoms with E-state index in [2.05, 4.69) is 15.6 Å². The van der Waals surface area contributed by atoms with E-state index in [0.717, 1.165) is 25.9 Å². The molecule has 3 N–H and O–H groups in total. The van der Waals surface area contributed by atoms with Crippen molar-refractivity contribution < 1.29 is 4.79 Å². The lowest BCUT2D eigenvalue weighted by atomic mass is 9.98. The summed E-state index contributed by atoms with van der Waals surface area (Å²) < 4.78 is 0. The van der Waals surface area contributed by atoms with Crippen molar-refractivity contribution in [2.45, 2.75) is 12.8 Å². The topological polar surface area (TPSA) is 56.9 Å². The van der Waals surface area contributed by atoms with Gasteiger partial charge in [-0.05, 0) is 37.9 Å². The van der Waals surface area contributed by atoms with E-state index in [0.29, 0.717) is 28.3 Å². The van der Waals surface area contributed by atoms with E-state index in [1.165, 1.54) is 0 Å². The second-order valence-corrected chi connectivity index (χ2v) is 5.03. The van der Waals surface area contributed by atoms with E-state index in [9.17, 15) is 4.79 Å². The maximum absolute atomic E-state index is 11.8. The molecule has 1 fully saturated rings. The molecule has 17 heavy (non-hydrogen) atoms. The molecular weight excluding hydrogens is 261 g/mol. The molecule has 6 heteroatoms. The predicted octanol–water partition coefficient (Wildman–Crippen LogP) is 2.05. The first-order valence-electron chi connectivity index (χ1n) is 5.69. The molecule has 1 aliphatic rings. The first-order valence-corrected chi connectivity index (χ1v) is 6.45. The van der Waals surface area contributed by atoms with Crippen LogP contribution < -0.4 is 10.6 Å². The smallest absolute Gasteiger partial charge is 0.267 e. The van der Waals surface area contributed by atoms with Gasteiger partial charge < -0.3 is 15.6 Å². The Bertz CT molecular complexity index is 380. The third-order valence-electron chi connectivity index (χ3n) is 2.98. The van der Waals surface area contributed by atoms with Crippen molar-refractivity contribution in [3.63, 3.8) is 0 Å². The van der Waals surface area contributed by atoms with Gasteiger partial charge in [0.1, 0.15) is 10.8 Å². The molecule has 0 unspecified atom stereocenters. The molecule has 2 heterocycles. The molecule has 0 radical (unpaired) electrons. The highest BCUT2D eigenvalue weighted by molar-refractivity contribution is 6.41. The van der Waals surface area contributed by atoms with Crippen LogP contribution in [-0.2, 0) is 0 Å². The summed E-state index contributed by atoms with van der Waals surface area (Å²) in [7, 11) is 0. The SMILES string of the molecule is O=C(NCC1CCNCC1)c1cc(Cl)c(Cl)[nH]1. The first kappa shape index (κ1) is 12.7. The number of rotatable bonds is 3. The lowest BCUT2D eigenvalue weighted by Crippen LogP contribution is -2.36. The third-order valence-corrected chi connectivity index (χ3v) is 3.67. The average Bonchev–Trinajstić information content (AvgIpc) is 2.68. The van der Waals surface area contributed by atoms with Crippen molar-refractivity contribution in [1.82, 2.24) is 15.6 Å². The molecule has 94 valence electrons. The number of piperidine rings is 1. The van der Waals surface area contributed by atoms with E-state index >= 15 is 0 Å². The van der Waals surface area contributed by atoms with Crippen LogP contribution in [0.3, 0.4) is 0 Å². The third kappa shape index (κ3) is 3.37. The van der Waals surface area contributed by atoms with Crippen molar-refractivity contribution in [3.8, 4) is 0 Å².